The number of ether oxygens (including phenoxy) is 2. The van der Waals surface area contributed by atoms with Crippen LogP contribution >= 0.6 is 0 Å². The topological polar surface area (TPSA) is 125 Å². The van der Waals surface area contributed by atoms with Crippen molar-refractivity contribution in [1.82, 2.24) is 0 Å². The lowest BCUT2D eigenvalue weighted by Crippen LogP contribution is -2.60. The van der Waals surface area contributed by atoms with Crippen LogP contribution in [0.3, 0.4) is 0 Å². The molecule has 0 radical (unpaired) electrons. The Kier molecular flexibility index (Phi) is 4.23. The molecule has 1 aliphatic rings. The molecular weight excluding hydrogens is 254 g/mol. The van der Waals surface area contributed by atoms with Gasteiger partial charge in [0.2, 0.25) is 6.29 Å². The van der Waals surface area contributed by atoms with Crippen LogP contribution in [0.15, 0.2) is 24.3 Å². The number of nitrogen functional groups attached to an aromatic ring is 1. The number of hydrogen-bond donors (Lipinski definition) is 5. The smallest absolute Gasteiger partial charge is 0.229 e. The van der Waals surface area contributed by atoms with Gasteiger partial charge in [0.25, 0.3) is 0 Å². The monoisotopic (exact) mass is 271 g/mol. The minimum Gasteiger partial charge on any atom is -0.460 e. The zero-order valence-electron chi connectivity index (χ0n) is 10.1. The summed E-state index contributed by atoms with van der Waals surface area (Å²) < 4.78 is 10.6. The summed E-state index contributed by atoms with van der Waals surface area (Å²) in [5.74, 6) is 0.284. The zero-order valence-corrected chi connectivity index (χ0v) is 10.1. The van der Waals surface area contributed by atoms with Crippen LogP contribution in [0.4, 0.5) is 5.69 Å². The number of anilines is 1. The molecule has 1 fully saturated rings. The Hall–Kier alpha value is -1.38. The first-order valence-electron chi connectivity index (χ1n) is 5.86. The predicted octanol–water partition coefficient (Wildman–Crippen LogP) is -1.55. The van der Waals surface area contributed by atoms with E-state index in [1.54, 1.807) is 24.3 Å². The summed E-state index contributed by atoms with van der Waals surface area (Å²) in [5, 5.41) is 38.1. The van der Waals surface area contributed by atoms with Crippen molar-refractivity contribution in [3.63, 3.8) is 0 Å². The molecule has 6 N–H and O–H groups in total. The van der Waals surface area contributed by atoms with Gasteiger partial charge in [-0.25, -0.2) is 0 Å². The van der Waals surface area contributed by atoms with Crippen molar-refractivity contribution in [1.29, 1.82) is 0 Å². The third kappa shape index (κ3) is 2.80. The Morgan fingerprint density at radius 3 is 2.42 bits per heavy atom. The molecule has 1 aromatic rings. The van der Waals surface area contributed by atoms with Gasteiger partial charge in [0.15, 0.2) is 0 Å². The van der Waals surface area contributed by atoms with Crippen molar-refractivity contribution < 1.29 is 29.9 Å². The number of nitrogens with two attached hydrogens (primary N) is 1. The molecule has 2 rings (SSSR count). The quantitative estimate of drug-likeness (QED) is 0.421. The molecule has 1 aliphatic heterocycles. The average molecular weight is 271 g/mol. The van der Waals surface area contributed by atoms with E-state index >= 15 is 0 Å². The van der Waals surface area contributed by atoms with E-state index in [2.05, 4.69) is 0 Å². The van der Waals surface area contributed by atoms with Crippen molar-refractivity contribution in [2.24, 2.45) is 0 Å². The number of hydrogen-bond acceptors (Lipinski definition) is 7. The number of rotatable bonds is 3. The van der Waals surface area contributed by atoms with Gasteiger partial charge in [-0.05, 0) is 12.1 Å². The highest BCUT2D eigenvalue weighted by Crippen LogP contribution is 2.27. The third-order valence-corrected chi connectivity index (χ3v) is 3.01. The Morgan fingerprint density at radius 2 is 1.79 bits per heavy atom. The van der Waals surface area contributed by atoms with Crippen LogP contribution in [0.5, 0.6) is 5.75 Å². The van der Waals surface area contributed by atoms with E-state index in [0.717, 1.165) is 0 Å². The molecule has 0 saturated carbocycles. The van der Waals surface area contributed by atoms with Crippen molar-refractivity contribution >= 4 is 5.69 Å². The van der Waals surface area contributed by atoms with Crippen LogP contribution in [0, 0.1) is 0 Å². The lowest BCUT2D eigenvalue weighted by molar-refractivity contribution is -0.277. The molecular formula is C12H17NO6. The van der Waals surface area contributed by atoms with E-state index in [1.165, 1.54) is 0 Å². The SMILES string of the molecule is Nc1ccccc1O[C@H]1O[C@H](CO)[C@@H](O)[C@H](O)[C@H]1O. The number of aliphatic hydroxyl groups excluding tert-OH is 4. The van der Waals surface area contributed by atoms with Gasteiger partial charge in [-0.15, -0.1) is 0 Å². The first kappa shape index (κ1) is 14.0. The minimum atomic E-state index is -1.47. The zero-order chi connectivity index (χ0) is 14.0. The second-order valence-corrected chi connectivity index (χ2v) is 4.35. The lowest BCUT2D eigenvalue weighted by atomic mass is 9.99. The van der Waals surface area contributed by atoms with Crippen molar-refractivity contribution in [3.05, 3.63) is 24.3 Å². The summed E-state index contributed by atoms with van der Waals surface area (Å²) in [4.78, 5) is 0. The minimum absolute atomic E-state index is 0.284. The Balaban J connectivity index is 2.13. The second kappa shape index (κ2) is 5.72. The lowest BCUT2D eigenvalue weighted by Gasteiger charge is -2.39. The summed E-state index contributed by atoms with van der Waals surface area (Å²) in [6.07, 6.45) is -6.56. The molecule has 19 heavy (non-hydrogen) atoms. The van der Waals surface area contributed by atoms with Crippen LogP contribution in [0.1, 0.15) is 0 Å². The van der Waals surface area contributed by atoms with Gasteiger partial charge in [0, 0.05) is 0 Å². The fourth-order valence-electron chi connectivity index (χ4n) is 1.88. The van der Waals surface area contributed by atoms with E-state index in [0.29, 0.717) is 5.69 Å². The highest BCUT2D eigenvalue weighted by Gasteiger charge is 2.44. The molecule has 0 bridgehead atoms. The predicted molar refractivity (Wildman–Crippen MR) is 65.2 cm³/mol. The van der Waals surface area contributed by atoms with Gasteiger partial charge in [-0.3, -0.25) is 0 Å². The van der Waals surface area contributed by atoms with Crippen LogP contribution in [0.25, 0.3) is 0 Å². The Labute approximate surface area is 109 Å². The van der Waals surface area contributed by atoms with Gasteiger partial charge in [-0.1, -0.05) is 12.1 Å². The van der Waals surface area contributed by atoms with Crippen LogP contribution < -0.4 is 10.5 Å². The Bertz CT molecular complexity index is 426. The van der Waals surface area contributed by atoms with Crippen LogP contribution in [-0.4, -0.2) is 57.7 Å². The molecule has 0 spiro atoms. The highest BCUT2D eigenvalue weighted by molar-refractivity contribution is 5.51. The fraction of sp³-hybridized carbons (Fsp3) is 0.500. The van der Waals surface area contributed by atoms with Crippen LogP contribution in [-0.2, 0) is 4.74 Å². The second-order valence-electron chi connectivity index (χ2n) is 4.35. The van der Waals surface area contributed by atoms with Crippen LogP contribution in [0.2, 0.25) is 0 Å². The van der Waals surface area contributed by atoms with Gasteiger partial charge < -0.3 is 35.6 Å². The molecule has 1 heterocycles. The molecule has 0 amide bonds. The molecule has 5 atom stereocenters. The maximum atomic E-state index is 9.79. The summed E-state index contributed by atoms with van der Waals surface area (Å²) in [6, 6.07) is 6.60. The fourth-order valence-corrected chi connectivity index (χ4v) is 1.88. The first-order chi connectivity index (χ1) is 9.04. The number of benzene rings is 1. The molecule has 1 saturated heterocycles. The Morgan fingerprint density at radius 1 is 1.11 bits per heavy atom. The maximum Gasteiger partial charge on any atom is 0.229 e. The van der Waals surface area contributed by atoms with Crippen molar-refractivity contribution in [3.8, 4) is 5.75 Å². The molecule has 7 nitrogen and oxygen atoms in total. The van der Waals surface area contributed by atoms with E-state index in [-0.39, 0.29) is 5.75 Å². The third-order valence-electron chi connectivity index (χ3n) is 3.01. The molecule has 7 heteroatoms. The highest BCUT2D eigenvalue weighted by atomic mass is 16.7. The van der Waals surface area contributed by atoms with E-state index in [1.807, 2.05) is 0 Å². The number of para-hydroxylation sites is 2. The number of aliphatic hydroxyl groups is 4. The van der Waals surface area contributed by atoms with Gasteiger partial charge in [0.1, 0.15) is 30.2 Å². The molecule has 0 aliphatic carbocycles. The van der Waals surface area contributed by atoms with Gasteiger partial charge in [0.05, 0.1) is 12.3 Å². The molecule has 0 unspecified atom stereocenters. The standard InChI is InChI=1S/C12H17NO6/c13-6-3-1-2-4-7(6)18-12-11(17)10(16)9(15)8(5-14)19-12/h1-4,8-12,14-17H,5,13H2/t8-,9-,10+,11-,12+/m1/s1. The maximum absolute atomic E-state index is 9.79. The van der Waals surface area contributed by atoms with Gasteiger partial charge >= 0.3 is 0 Å². The normalized spacial score (nSPS) is 35.1. The summed E-state index contributed by atoms with van der Waals surface area (Å²) in [7, 11) is 0. The largest absolute Gasteiger partial charge is 0.460 e. The van der Waals surface area contributed by atoms with E-state index < -0.39 is 37.3 Å². The summed E-state index contributed by atoms with van der Waals surface area (Å²) in [5.41, 5.74) is 6.04. The van der Waals surface area contributed by atoms with Crippen molar-refractivity contribution in [2.75, 3.05) is 12.3 Å². The molecule has 0 aromatic heterocycles. The first-order valence-corrected chi connectivity index (χ1v) is 5.86. The molecule has 106 valence electrons. The van der Waals surface area contributed by atoms with E-state index in [4.69, 9.17) is 20.3 Å². The summed E-state index contributed by atoms with van der Waals surface area (Å²) >= 11 is 0. The summed E-state index contributed by atoms with van der Waals surface area (Å²) in [6.45, 7) is -0.505. The van der Waals surface area contributed by atoms with Crippen molar-refractivity contribution in [2.45, 2.75) is 30.7 Å². The average Bonchev–Trinajstić information content (AvgIpc) is 2.41. The molecule has 1 aromatic carbocycles. The van der Waals surface area contributed by atoms with Gasteiger partial charge in [-0.2, -0.15) is 0 Å². The van der Waals surface area contributed by atoms with E-state index in [9.17, 15) is 15.3 Å².